The molecule has 1 atom stereocenters. The van der Waals surface area contributed by atoms with Crippen LogP contribution in [0.4, 0.5) is 8.78 Å². The van der Waals surface area contributed by atoms with Gasteiger partial charge in [0.15, 0.2) is 0 Å². The van der Waals surface area contributed by atoms with Crippen molar-refractivity contribution in [2.24, 2.45) is 5.73 Å². The van der Waals surface area contributed by atoms with E-state index in [1.54, 1.807) is 13.8 Å². The molecule has 1 rings (SSSR count). The second-order valence-corrected chi connectivity index (χ2v) is 3.36. The Kier molecular flexibility index (Phi) is 3.06. The fourth-order valence-electron chi connectivity index (χ4n) is 1.23. The molecule has 14 heavy (non-hydrogen) atoms. The summed E-state index contributed by atoms with van der Waals surface area (Å²) in [5.41, 5.74) is 7.04. The van der Waals surface area contributed by atoms with Crippen molar-refractivity contribution in [1.29, 1.82) is 0 Å². The van der Waals surface area contributed by atoms with E-state index in [2.05, 4.69) is 0 Å². The van der Waals surface area contributed by atoms with Crippen molar-refractivity contribution >= 4 is 0 Å². The van der Waals surface area contributed by atoms with Gasteiger partial charge in [-0.15, -0.1) is 0 Å². The van der Waals surface area contributed by atoms with Crippen LogP contribution in [0.25, 0.3) is 0 Å². The molecule has 0 aliphatic rings. The fraction of sp³-hybridized carbons (Fsp3) is 0.400. The number of hydrogen-bond acceptors (Lipinski definition) is 2. The Balaban J connectivity index is 3.15. The van der Waals surface area contributed by atoms with Crippen molar-refractivity contribution in [1.82, 2.24) is 0 Å². The van der Waals surface area contributed by atoms with Crippen LogP contribution in [0.3, 0.4) is 0 Å². The first-order chi connectivity index (χ1) is 6.43. The number of halogens is 2. The van der Waals surface area contributed by atoms with Gasteiger partial charge in [0.05, 0.1) is 6.04 Å². The largest absolute Gasteiger partial charge is 0.508 e. The van der Waals surface area contributed by atoms with Gasteiger partial charge in [-0.05, 0) is 31.0 Å². The van der Waals surface area contributed by atoms with Crippen molar-refractivity contribution in [3.63, 3.8) is 0 Å². The lowest BCUT2D eigenvalue weighted by molar-refractivity contribution is 0.115. The lowest BCUT2D eigenvalue weighted by atomic mass is 10.0. The predicted molar refractivity (Wildman–Crippen MR) is 50.5 cm³/mol. The van der Waals surface area contributed by atoms with Crippen LogP contribution in [0, 0.1) is 13.8 Å². The average molecular weight is 201 g/mol. The second kappa shape index (κ2) is 3.92. The number of aromatic hydroxyl groups is 1. The van der Waals surface area contributed by atoms with Gasteiger partial charge >= 0.3 is 0 Å². The zero-order valence-electron chi connectivity index (χ0n) is 8.09. The van der Waals surface area contributed by atoms with Crippen LogP contribution in [0.1, 0.15) is 22.7 Å². The molecule has 0 fully saturated rings. The molecule has 0 aromatic heterocycles. The lowest BCUT2D eigenvalue weighted by Gasteiger charge is -2.14. The number of aryl methyl sites for hydroxylation is 2. The molecule has 0 radical (unpaired) electrons. The van der Waals surface area contributed by atoms with Gasteiger partial charge < -0.3 is 10.8 Å². The molecular formula is C10H13F2NO. The Labute approximate surface area is 81.4 Å². The Morgan fingerprint density at radius 3 is 2.21 bits per heavy atom. The highest BCUT2D eigenvalue weighted by Crippen LogP contribution is 2.29. The van der Waals surface area contributed by atoms with Crippen LogP contribution in [-0.2, 0) is 0 Å². The zero-order chi connectivity index (χ0) is 10.9. The summed E-state index contributed by atoms with van der Waals surface area (Å²) in [7, 11) is 0. The maximum Gasteiger partial charge on any atom is 0.257 e. The van der Waals surface area contributed by atoms with Crippen molar-refractivity contribution in [3.8, 4) is 5.75 Å². The average Bonchev–Trinajstić information content (AvgIpc) is 2.10. The quantitative estimate of drug-likeness (QED) is 0.771. The van der Waals surface area contributed by atoms with Crippen LogP contribution in [0.2, 0.25) is 0 Å². The Hall–Kier alpha value is -1.16. The summed E-state index contributed by atoms with van der Waals surface area (Å²) < 4.78 is 24.6. The minimum absolute atomic E-state index is 0.100. The first-order valence-electron chi connectivity index (χ1n) is 4.27. The van der Waals surface area contributed by atoms with Gasteiger partial charge in [-0.1, -0.05) is 6.07 Å². The van der Waals surface area contributed by atoms with Gasteiger partial charge in [-0.25, -0.2) is 8.78 Å². The van der Waals surface area contributed by atoms with Crippen molar-refractivity contribution < 1.29 is 13.9 Å². The van der Waals surface area contributed by atoms with E-state index in [-0.39, 0.29) is 11.3 Å². The topological polar surface area (TPSA) is 46.2 Å². The summed E-state index contributed by atoms with van der Waals surface area (Å²) in [6.07, 6.45) is -2.66. The molecule has 0 amide bonds. The zero-order valence-corrected chi connectivity index (χ0v) is 8.09. The van der Waals surface area contributed by atoms with E-state index < -0.39 is 12.5 Å². The summed E-state index contributed by atoms with van der Waals surface area (Å²) in [5.74, 6) is -0.166. The van der Waals surface area contributed by atoms with Crippen LogP contribution in [0.15, 0.2) is 12.1 Å². The second-order valence-electron chi connectivity index (χ2n) is 3.36. The summed E-state index contributed by atoms with van der Waals surface area (Å²) in [6, 6.07) is 1.53. The van der Waals surface area contributed by atoms with E-state index in [0.717, 1.165) is 11.1 Å². The van der Waals surface area contributed by atoms with Crippen molar-refractivity contribution in [2.75, 3.05) is 0 Å². The molecule has 1 unspecified atom stereocenters. The van der Waals surface area contributed by atoms with Gasteiger partial charge in [0, 0.05) is 5.56 Å². The molecular weight excluding hydrogens is 188 g/mol. The van der Waals surface area contributed by atoms with Gasteiger partial charge in [0.25, 0.3) is 6.43 Å². The minimum Gasteiger partial charge on any atom is -0.508 e. The molecule has 0 saturated carbocycles. The smallest absolute Gasteiger partial charge is 0.257 e. The fourth-order valence-corrected chi connectivity index (χ4v) is 1.23. The van der Waals surface area contributed by atoms with Gasteiger partial charge in [0.2, 0.25) is 0 Å². The van der Waals surface area contributed by atoms with E-state index >= 15 is 0 Å². The molecule has 3 N–H and O–H groups in total. The minimum atomic E-state index is -2.66. The molecule has 1 aromatic rings. The number of phenolic OH excluding ortho intramolecular Hbond substituents is 1. The molecule has 0 spiro atoms. The van der Waals surface area contributed by atoms with E-state index in [1.165, 1.54) is 12.1 Å². The first-order valence-corrected chi connectivity index (χ1v) is 4.27. The SMILES string of the molecule is Cc1cc(O)c(C(N)C(F)F)cc1C. The standard InChI is InChI=1S/C10H13F2NO/c1-5-3-7(9(13)10(11)12)8(14)4-6(5)2/h3-4,9-10,14H,13H2,1-2H3. The number of nitrogens with two attached hydrogens (primary N) is 1. The Morgan fingerprint density at radius 1 is 1.21 bits per heavy atom. The molecule has 78 valence electrons. The molecule has 4 heteroatoms. The van der Waals surface area contributed by atoms with E-state index in [4.69, 9.17) is 5.73 Å². The van der Waals surface area contributed by atoms with Crippen molar-refractivity contribution in [2.45, 2.75) is 26.3 Å². The maximum atomic E-state index is 12.3. The molecule has 0 saturated heterocycles. The number of phenols is 1. The van der Waals surface area contributed by atoms with Crippen molar-refractivity contribution in [3.05, 3.63) is 28.8 Å². The lowest BCUT2D eigenvalue weighted by Crippen LogP contribution is -2.19. The highest BCUT2D eigenvalue weighted by molar-refractivity contribution is 5.42. The summed E-state index contributed by atoms with van der Waals surface area (Å²) in [5, 5.41) is 9.42. The molecule has 2 nitrogen and oxygen atoms in total. The first kappa shape index (κ1) is 10.9. The Bertz CT molecular complexity index is 339. The monoisotopic (exact) mass is 201 g/mol. The third kappa shape index (κ3) is 2.01. The highest BCUT2D eigenvalue weighted by atomic mass is 19.3. The summed E-state index contributed by atoms with van der Waals surface area (Å²) in [4.78, 5) is 0. The van der Waals surface area contributed by atoms with Crippen LogP contribution in [-0.4, -0.2) is 11.5 Å². The van der Waals surface area contributed by atoms with Gasteiger partial charge in [0.1, 0.15) is 5.75 Å². The number of hydrogen-bond donors (Lipinski definition) is 2. The number of rotatable bonds is 2. The molecule has 0 heterocycles. The van der Waals surface area contributed by atoms with E-state index in [1.807, 2.05) is 0 Å². The predicted octanol–water partition coefficient (Wildman–Crippen LogP) is 2.27. The summed E-state index contributed by atoms with van der Waals surface area (Å²) in [6.45, 7) is 3.59. The van der Waals surface area contributed by atoms with E-state index in [9.17, 15) is 13.9 Å². The van der Waals surface area contributed by atoms with Crippen LogP contribution in [0.5, 0.6) is 5.75 Å². The molecule has 0 bridgehead atoms. The van der Waals surface area contributed by atoms with Gasteiger partial charge in [-0.3, -0.25) is 0 Å². The maximum absolute atomic E-state index is 12.3. The van der Waals surface area contributed by atoms with Crippen LogP contribution < -0.4 is 5.73 Å². The highest BCUT2D eigenvalue weighted by Gasteiger charge is 2.21. The molecule has 1 aromatic carbocycles. The number of alkyl halides is 2. The number of benzene rings is 1. The molecule has 0 aliphatic heterocycles. The van der Waals surface area contributed by atoms with E-state index in [0.29, 0.717) is 0 Å². The van der Waals surface area contributed by atoms with Crippen LogP contribution >= 0.6 is 0 Å². The van der Waals surface area contributed by atoms with Gasteiger partial charge in [-0.2, -0.15) is 0 Å². The third-order valence-electron chi connectivity index (χ3n) is 2.27. The Morgan fingerprint density at radius 2 is 1.71 bits per heavy atom. The summed E-state index contributed by atoms with van der Waals surface area (Å²) >= 11 is 0. The molecule has 0 aliphatic carbocycles. The third-order valence-corrected chi connectivity index (χ3v) is 2.27. The normalized spacial score (nSPS) is 13.3.